The molecule has 2 unspecified atom stereocenters. The van der Waals surface area contributed by atoms with E-state index in [0.717, 1.165) is 25.9 Å². The lowest BCUT2D eigenvalue weighted by molar-refractivity contribution is -0.145. The van der Waals surface area contributed by atoms with Crippen molar-refractivity contribution in [2.24, 2.45) is 11.3 Å². The monoisotopic (exact) mass is 200 g/mol. The van der Waals surface area contributed by atoms with Gasteiger partial charge in [-0.25, -0.2) is 0 Å². The average molecular weight is 200 g/mol. The topological polar surface area (TPSA) is 46.5 Å². The molecule has 0 radical (unpaired) electrons. The highest BCUT2D eigenvalue weighted by atomic mass is 16.5. The van der Waals surface area contributed by atoms with Crippen molar-refractivity contribution in [1.82, 2.24) is 0 Å². The van der Waals surface area contributed by atoms with Crippen LogP contribution in [-0.2, 0) is 9.53 Å². The van der Waals surface area contributed by atoms with E-state index in [0.29, 0.717) is 12.5 Å². The first-order valence-corrected chi connectivity index (χ1v) is 5.40. The molecule has 14 heavy (non-hydrogen) atoms. The zero-order valence-electron chi connectivity index (χ0n) is 9.08. The zero-order chi connectivity index (χ0) is 10.6. The molecule has 3 nitrogen and oxygen atoms in total. The van der Waals surface area contributed by atoms with Gasteiger partial charge in [-0.1, -0.05) is 20.3 Å². The summed E-state index contributed by atoms with van der Waals surface area (Å²) in [6.07, 6.45) is 3.27. The summed E-state index contributed by atoms with van der Waals surface area (Å²) in [5, 5.41) is 8.92. The molecule has 0 amide bonds. The summed E-state index contributed by atoms with van der Waals surface area (Å²) in [5.74, 6) is -0.269. The largest absolute Gasteiger partial charge is 0.481 e. The maximum absolute atomic E-state index is 10.8. The van der Waals surface area contributed by atoms with E-state index < -0.39 is 5.97 Å². The number of ether oxygens (including phenoxy) is 1. The van der Waals surface area contributed by atoms with Crippen molar-refractivity contribution in [2.75, 3.05) is 13.2 Å². The Morgan fingerprint density at radius 1 is 1.64 bits per heavy atom. The molecule has 1 aliphatic rings. The molecule has 3 heteroatoms. The van der Waals surface area contributed by atoms with Gasteiger partial charge in [0.1, 0.15) is 0 Å². The number of carbonyl (C=O) groups is 1. The molecule has 0 aromatic carbocycles. The van der Waals surface area contributed by atoms with Crippen molar-refractivity contribution < 1.29 is 14.6 Å². The van der Waals surface area contributed by atoms with Gasteiger partial charge in [0, 0.05) is 12.0 Å². The lowest BCUT2D eigenvalue weighted by atomic mass is 9.69. The van der Waals surface area contributed by atoms with Crippen LogP contribution in [0.3, 0.4) is 0 Å². The molecule has 0 aromatic rings. The molecular formula is C11H20O3. The summed E-state index contributed by atoms with van der Waals surface area (Å²) in [4.78, 5) is 10.8. The quantitative estimate of drug-likeness (QED) is 0.757. The van der Waals surface area contributed by atoms with Gasteiger partial charge in [0.25, 0.3) is 0 Å². The standard InChI is InChI=1S/C11H20O3/c1-3-9(2)11(7-10(12)13)5-4-6-14-8-11/h9H,3-8H2,1-2H3,(H,12,13). The van der Waals surface area contributed by atoms with Gasteiger partial charge in [0.05, 0.1) is 13.0 Å². The van der Waals surface area contributed by atoms with Crippen LogP contribution in [0.1, 0.15) is 39.5 Å². The first kappa shape index (κ1) is 11.5. The predicted molar refractivity (Wildman–Crippen MR) is 54.2 cm³/mol. The second kappa shape index (κ2) is 4.78. The van der Waals surface area contributed by atoms with Gasteiger partial charge in [-0.3, -0.25) is 4.79 Å². The minimum absolute atomic E-state index is 0.112. The highest BCUT2D eigenvalue weighted by molar-refractivity contribution is 5.67. The Balaban J connectivity index is 2.71. The Morgan fingerprint density at radius 3 is 2.79 bits per heavy atom. The van der Waals surface area contributed by atoms with Gasteiger partial charge in [-0.15, -0.1) is 0 Å². The van der Waals surface area contributed by atoms with Crippen molar-refractivity contribution in [2.45, 2.75) is 39.5 Å². The van der Waals surface area contributed by atoms with E-state index in [2.05, 4.69) is 13.8 Å². The molecule has 1 fully saturated rings. The summed E-state index contributed by atoms with van der Waals surface area (Å²) < 4.78 is 5.45. The van der Waals surface area contributed by atoms with E-state index in [1.165, 1.54) is 0 Å². The molecule has 0 aliphatic carbocycles. The maximum atomic E-state index is 10.8. The van der Waals surface area contributed by atoms with Crippen molar-refractivity contribution in [1.29, 1.82) is 0 Å². The minimum atomic E-state index is -0.698. The fourth-order valence-corrected chi connectivity index (χ4v) is 2.31. The molecule has 2 atom stereocenters. The van der Waals surface area contributed by atoms with Crippen LogP contribution in [0.5, 0.6) is 0 Å². The number of hydrogen-bond donors (Lipinski definition) is 1. The minimum Gasteiger partial charge on any atom is -0.481 e. The van der Waals surface area contributed by atoms with E-state index in [1.54, 1.807) is 0 Å². The van der Waals surface area contributed by atoms with Crippen LogP contribution in [0.15, 0.2) is 0 Å². The van der Waals surface area contributed by atoms with E-state index in [1.807, 2.05) is 0 Å². The summed E-state index contributed by atoms with van der Waals surface area (Å²) in [6.45, 7) is 5.66. The Morgan fingerprint density at radius 2 is 2.36 bits per heavy atom. The third kappa shape index (κ3) is 2.47. The molecule has 1 N–H and O–H groups in total. The zero-order valence-corrected chi connectivity index (χ0v) is 9.08. The van der Waals surface area contributed by atoms with E-state index >= 15 is 0 Å². The Kier molecular flexibility index (Phi) is 3.93. The molecule has 1 saturated heterocycles. The van der Waals surface area contributed by atoms with Gasteiger partial charge in [-0.05, 0) is 18.8 Å². The van der Waals surface area contributed by atoms with Crippen LogP contribution in [0.4, 0.5) is 0 Å². The van der Waals surface area contributed by atoms with Crippen molar-refractivity contribution in [3.05, 3.63) is 0 Å². The number of carboxylic acids is 1. The third-order valence-corrected chi connectivity index (χ3v) is 3.51. The van der Waals surface area contributed by atoms with E-state index in [4.69, 9.17) is 9.84 Å². The molecule has 0 aromatic heterocycles. The van der Waals surface area contributed by atoms with Crippen molar-refractivity contribution >= 4 is 5.97 Å². The Bertz CT molecular complexity index is 195. The molecule has 0 bridgehead atoms. The summed E-state index contributed by atoms with van der Waals surface area (Å²) in [7, 11) is 0. The number of hydrogen-bond acceptors (Lipinski definition) is 2. The number of carboxylic acid groups (broad SMARTS) is 1. The molecule has 0 saturated carbocycles. The van der Waals surface area contributed by atoms with Gasteiger partial charge < -0.3 is 9.84 Å². The normalized spacial score (nSPS) is 29.9. The van der Waals surface area contributed by atoms with Crippen LogP contribution >= 0.6 is 0 Å². The lowest BCUT2D eigenvalue weighted by Crippen LogP contribution is -2.39. The maximum Gasteiger partial charge on any atom is 0.304 e. The molecule has 82 valence electrons. The van der Waals surface area contributed by atoms with Gasteiger partial charge in [-0.2, -0.15) is 0 Å². The van der Waals surface area contributed by atoms with Crippen molar-refractivity contribution in [3.8, 4) is 0 Å². The second-order valence-electron chi connectivity index (χ2n) is 4.40. The lowest BCUT2D eigenvalue weighted by Gasteiger charge is -2.40. The van der Waals surface area contributed by atoms with Crippen molar-refractivity contribution in [3.63, 3.8) is 0 Å². The number of aliphatic carboxylic acids is 1. The van der Waals surface area contributed by atoms with Crippen LogP contribution < -0.4 is 0 Å². The smallest absolute Gasteiger partial charge is 0.304 e. The predicted octanol–water partition coefficient (Wildman–Crippen LogP) is 2.30. The highest BCUT2D eigenvalue weighted by Crippen LogP contribution is 2.41. The second-order valence-corrected chi connectivity index (χ2v) is 4.40. The molecule has 1 rings (SSSR count). The van der Waals surface area contributed by atoms with E-state index in [-0.39, 0.29) is 11.8 Å². The molecule has 0 spiro atoms. The fraction of sp³-hybridized carbons (Fsp3) is 0.909. The van der Waals surface area contributed by atoms with Crippen LogP contribution in [0.2, 0.25) is 0 Å². The van der Waals surface area contributed by atoms with Gasteiger partial charge in [0.2, 0.25) is 0 Å². The highest BCUT2D eigenvalue weighted by Gasteiger charge is 2.39. The summed E-state index contributed by atoms with van der Waals surface area (Å²) in [5.41, 5.74) is -0.112. The van der Waals surface area contributed by atoms with Crippen LogP contribution in [0, 0.1) is 11.3 Å². The first-order chi connectivity index (χ1) is 6.60. The van der Waals surface area contributed by atoms with Crippen LogP contribution in [-0.4, -0.2) is 24.3 Å². The van der Waals surface area contributed by atoms with E-state index in [9.17, 15) is 4.79 Å². The summed E-state index contributed by atoms with van der Waals surface area (Å²) >= 11 is 0. The molecular weight excluding hydrogens is 180 g/mol. The number of rotatable bonds is 4. The Labute approximate surface area is 85.5 Å². The van der Waals surface area contributed by atoms with Gasteiger partial charge >= 0.3 is 5.97 Å². The average Bonchev–Trinajstić information content (AvgIpc) is 2.17. The van der Waals surface area contributed by atoms with Gasteiger partial charge in [0.15, 0.2) is 0 Å². The summed E-state index contributed by atoms with van der Waals surface area (Å²) in [6, 6.07) is 0. The fourth-order valence-electron chi connectivity index (χ4n) is 2.31. The van der Waals surface area contributed by atoms with Crippen LogP contribution in [0.25, 0.3) is 0 Å². The first-order valence-electron chi connectivity index (χ1n) is 5.40. The molecule has 1 aliphatic heterocycles. The molecule has 1 heterocycles. The Hall–Kier alpha value is -0.570. The SMILES string of the molecule is CCC(C)C1(CC(=O)O)CCCOC1. The third-order valence-electron chi connectivity index (χ3n) is 3.51.